The van der Waals surface area contributed by atoms with E-state index in [1.165, 1.54) is 38.5 Å². The van der Waals surface area contributed by atoms with E-state index in [1.54, 1.807) is 0 Å². The largest absolute Gasteiger partial charge is 0.481 e. The van der Waals surface area contributed by atoms with Crippen LogP contribution in [0.25, 0.3) is 0 Å². The lowest BCUT2D eigenvalue weighted by atomic mass is 9.69. The molecule has 1 N–H and O–H groups in total. The van der Waals surface area contributed by atoms with Gasteiger partial charge in [-0.25, -0.2) is 0 Å². The number of hydrogen-bond acceptors (Lipinski definition) is 2. The van der Waals surface area contributed by atoms with Gasteiger partial charge in [-0.15, -0.1) is 0 Å². The molecule has 2 unspecified atom stereocenters. The van der Waals surface area contributed by atoms with Crippen molar-refractivity contribution in [2.24, 2.45) is 17.3 Å². The Labute approximate surface area is 129 Å². The van der Waals surface area contributed by atoms with E-state index >= 15 is 0 Å². The van der Waals surface area contributed by atoms with Crippen LogP contribution in [0.2, 0.25) is 0 Å². The van der Waals surface area contributed by atoms with Crippen molar-refractivity contribution in [3.8, 4) is 0 Å². The number of likely N-dealkylation sites (tertiary alicyclic amines) is 1. The van der Waals surface area contributed by atoms with Gasteiger partial charge in [0.15, 0.2) is 0 Å². The lowest BCUT2D eigenvalue weighted by Gasteiger charge is -2.48. The molecule has 0 bridgehead atoms. The van der Waals surface area contributed by atoms with Gasteiger partial charge in [-0.1, -0.05) is 19.8 Å². The molecule has 0 radical (unpaired) electrons. The number of piperidine rings is 1. The minimum Gasteiger partial charge on any atom is -0.481 e. The number of hydrogen-bond donors (Lipinski definition) is 1. The summed E-state index contributed by atoms with van der Waals surface area (Å²) >= 11 is 0. The average molecular weight is 293 g/mol. The van der Waals surface area contributed by atoms with Crippen molar-refractivity contribution < 1.29 is 9.90 Å². The highest BCUT2D eigenvalue weighted by Crippen LogP contribution is 2.43. The fraction of sp³-hybridized carbons (Fsp3) is 0.944. The average Bonchev–Trinajstić information content (AvgIpc) is 2.50. The zero-order valence-corrected chi connectivity index (χ0v) is 13.5. The first-order chi connectivity index (χ1) is 10.1. The molecule has 2 aliphatic carbocycles. The monoisotopic (exact) mass is 293 g/mol. The first kappa shape index (κ1) is 15.3. The molecule has 3 fully saturated rings. The summed E-state index contributed by atoms with van der Waals surface area (Å²) in [6.45, 7) is 4.21. The van der Waals surface area contributed by atoms with E-state index in [2.05, 4.69) is 11.8 Å². The van der Waals surface area contributed by atoms with Crippen LogP contribution in [-0.4, -0.2) is 35.1 Å². The van der Waals surface area contributed by atoms with E-state index in [9.17, 15) is 9.90 Å². The molecule has 3 rings (SSSR count). The molecule has 2 atom stereocenters. The van der Waals surface area contributed by atoms with Gasteiger partial charge in [-0.05, 0) is 69.7 Å². The van der Waals surface area contributed by atoms with Crippen LogP contribution in [0.4, 0.5) is 0 Å². The van der Waals surface area contributed by atoms with Gasteiger partial charge in [-0.2, -0.15) is 0 Å². The van der Waals surface area contributed by atoms with E-state index in [0.717, 1.165) is 44.7 Å². The second-order valence-electron chi connectivity index (χ2n) is 7.99. The van der Waals surface area contributed by atoms with E-state index in [4.69, 9.17) is 0 Å². The fourth-order valence-electron chi connectivity index (χ4n) is 5.07. The molecule has 0 spiro atoms. The standard InChI is InChI=1S/C18H31NO2/c1-14-8-10-18(11-9-14,17(20)21)13-19-12-4-6-15-5-2-3-7-16(15)19/h14-16H,2-13H2,1H3,(H,20,21). The van der Waals surface area contributed by atoms with Crippen molar-refractivity contribution in [1.29, 1.82) is 0 Å². The number of fused-ring (bicyclic) bond motifs is 1. The van der Waals surface area contributed by atoms with Gasteiger partial charge in [0.25, 0.3) is 0 Å². The summed E-state index contributed by atoms with van der Waals surface area (Å²) in [5, 5.41) is 9.88. The van der Waals surface area contributed by atoms with Crippen LogP contribution < -0.4 is 0 Å². The van der Waals surface area contributed by atoms with Crippen LogP contribution in [0, 0.1) is 17.3 Å². The number of carbonyl (C=O) groups is 1. The minimum atomic E-state index is -0.535. The van der Waals surface area contributed by atoms with E-state index < -0.39 is 11.4 Å². The Morgan fingerprint density at radius 3 is 2.48 bits per heavy atom. The van der Waals surface area contributed by atoms with Crippen LogP contribution in [0.1, 0.15) is 71.1 Å². The third-order valence-corrected chi connectivity index (χ3v) is 6.55. The first-order valence-electron chi connectivity index (χ1n) is 9.08. The molecular weight excluding hydrogens is 262 g/mol. The number of nitrogens with zero attached hydrogens (tertiary/aromatic N) is 1. The molecule has 1 aliphatic heterocycles. The fourth-order valence-corrected chi connectivity index (χ4v) is 5.07. The van der Waals surface area contributed by atoms with Crippen LogP contribution in [0.3, 0.4) is 0 Å². The molecule has 3 heteroatoms. The quantitative estimate of drug-likeness (QED) is 0.857. The Morgan fingerprint density at radius 1 is 1.10 bits per heavy atom. The smallest absolute Gasteiger partial charge is 0.310 e. The predicted molar refractivity (Wildman–Crippen MR) is 84.3 cm³/mol. The summed E-state index contributed by atoms with van der Waals surface area (Å²) < 4.78 is 0. The van der Waals surface area contributed by atoms with Crippen molar-refractivity contribution in [3.05, 3.63) is 0 Å². The molecule has 1 saturated heterocycles. The molecular formula is C18H31NO2. The zero-order valence-electron chi connectivity index (χ0n) is 13.5. The SMILES string of the molecule is CC1CCC(CN2CCCC3CCCCC32)(C(=O)O)CC1. The van der Waals surface area contributed by atoms with Gasteiger partial charge in [0.2, 0.25) is 0 Å². The van der Waals surface area contributed by atoms with Crippen LogP contribution in [0.5, 0.6) is 0 Å². The number of carboxylic acid groups (broad SMARTS) is 1. The van der Waals surface area contributed by atoms with Crippen molar-refractivity contribution in [3.63, 3.8) is 0 Å². The van der Waals surface area contributed by atoms with E-state index in [1.807, 2.05) is 0 Å². The molecule has 1 heterocycles. The topological polar surface area (TPSA) is 40.5 Å². The Morgan fingerprint density at radius 2 is 1.76 bits per heavy atom. The van der Waals surface area contributed by atoms with Crippen molar-refractivity contribution in [2.75, 3.05) is 13.1 Å². The molecule has 0 aromatic carbocycles. The van der Waals surface area contributed by atoms with E-state index in [0.29, 0.717) is 12.0 Å². The van der Waals surface area contributed by atoms with Gasteiger partial charge in [0.05, 0.1) is 5.41 Å². The summed E-state index contributed by atoms with van der Waals surface area (Å²) in [4.78, 5) is 14.6. The third-order valence-electron chi connectivity index (χ3n) is 6.55. The second-order valence-corrected chi connectivity index (χ2v) is 7.99. The highest BCUT2D eigenvalue weighted by atomic mass is 16.4. The number of carboxylic acids is 1. The first-order valence-corrected chi connectivity index (χ1v) is 9.08. The Hall–Kier alpha value is -0.570. The molecule has 0 aromatic rings. The lowest BCUT2D eigenvalue weighted by molar-refractivity contribution is -0.154. The maximum absolute atomic E-state index is 12.0. The van der Waals surface area contributed by atoms with Gasteiger partial charge in [-0.3, -0.25) is 9.69 Å². The van der Waals surface area contributed by atoms with Crippen molar-refractivity contribution >= 4 is 5.97 Å². The number of aliphatic carboxylic acids is 1. The van der Waals surface area contributed by atoms with Crippen LogP contribution >= 0.6 is 0 Å². The summed E-state index contributed by atoms with van der Waals surface area (Å²) in [6, 6.07) is 0.683. The number of rotatable bonds is 3. The van der Waals surface area contributed by atoms with Gasteiger partial charge in [0.1, 0.15) is 0 Å². The van der Waals surface area contributed by atoms with Crippen LogP contribution in [0.15, 0.2) is 0 Å². The van der Waals surface area contributed by atoms with Gasteiger partial charge < -0.3 is 5.11 Å². The molecule has 3 nitrogen and oxygen atoms in total. The summed E-state index contributed by atoms with van der Waals surface area (Å²) in [5.74, 6) is 1.02. The molecule has 2 saturated carbocycles. The minimum absolute atomic E-state index is 0.453. The molecule has 21 heavy (non-hydrogen) atoms. The summed E-state index contributed by atoms with van der Waals surface area (Å²) in [5.41, 5.74) is -0.453. The van der Waals surface area contributed by atoms with Crippen molar-refractivity contribution in [1.82, 2.24) is 4.90 Å². The highest BCUT2D eigenvalue weighted by Gasteiger charge is 2.45. The highest BCUT2D eigenvalue weighted by molar-refractivity contribution is 5.75. The molecule has 120 valence electrons. The maximum atomic E-state index is 12.0. The molecule has 0 aromatic heterocycles. The zero-order chi connectivity index (χ0) is 14.9. The molecule has 0 amide bonds. The second kappa shape index (κ2) is 6.28. The predicted octanol–water partition coefficient (Wildman–Crippen LogP) is 3.92. The normalized spacial score (nSPS) is 41.5. The third kappa shape index (κ3) is 3.13. The summed E-state index contributed by atoms with van der Waals surface area (Å²) in [7, 11) is 0. The van der Waals surface area contributed by atoms with Crippen LogP contribution in [-0.2, 0) is 4.79 Å². The van der Waals surface area contributed by atoms with E-state index in [-0.39, 0.29) is 0 Å². The lowest BCUT2D eigenvalue weighted by Crippen LogP contribution is -2.53. The summed E-state index contributed by atoms with van der Waals surface area (Å²) in [6.07, 6.45) is 12.0. The Balaban J connectivity index is 1.71. The maximum Gasteiger partial charge on any atom is 0.310 e. The van der Waals surface area contributed by atoms with Crippen molar-refractivity contribution in [2.45, 2.75) is 77.2 Å². The van der Waals surface area contributed by atoms with Gasteiger partial charge >= 0.3 is 5.97 Å². The molecule has 3 aliphatic rings. The van der Waals surface area contributed by atoms with Gasteiger partial charge in [0, 0.05) is 12.6 Å². The Kier molecular flexibility index (Phi) is 4.58. The Bertz CT molecular complexity index is 371.